The van der Waals surface area contributed by atoms with Crippen LogP contribution in [0, 0.1) is 0 Å². The monoisotopic (exact) mass is 307 g/mol. The lowest BCUT2D eigenvalue weighted by atomic mass is 10.1. The molecule has 0 spiro atoms. The first-order valence-corrected chi connectivity index (χ1v) is 6.60. The van der Waals surface area contributed by atoms with Gasteiger partial charge in [-0.3, -0.25) is 0 Å². The summed E-state index contributed by atoms with van der Waals surface area (Å²) < 4.78 is 40.2. The van der Waals surface area contributed by atoms with E-state index in [1.165, 1.54) is 6.07 Å². The van der Waals surface area contributed by atoms with Crippen molar-refractivity contribution in [2.24, 2.45) is 0 Å². The van der Waals surface area contributed by atoms with Crippen LogP contribution in [0.25, 0.3) is 22.6 Å². The minimum Gasteiger partial charge on any atom is -0.395 e. The molecule has 7 heteroatoms. The number of hydrogen-bond acceptors (Lipinski definition) is 3. The van der Waals surface area contributed by atoms with Crippen molar-refractivity contribution in [3.8, 4) is 11.4 Å². The van der Waals surface area contributed by atoms with Crippen molar-refractivity contribution < 1.29 is 18.3 Å². The molecule has 0 saturated carbocycles. The summed E-state index contributed by atoms with van der Waals surface area (Å²) >= 11 is 0. The van der Waals surface area contributed by atoms with Gasteiger partial charge in [0.15, 0.2) is 5.65 Å². The summed E-state index contributed by atoms with van der Waals surface area (Å²) in [6.45, 7) is 0.0487. The number of benzene rings is 1. The number of alkyl halides is 3. The van der Waals surface area contributed by atoms with Gasteiger partial charge in [-0.05, 0) is 24.3 Å². The highest BCUT2D eigenvalue weighted by atomic mass is 19.4. The average molecular weight is 307 g/mol. The van der Waals surface area contributed by atoms with Crippen LogP contribution >= 0.6 is 0 Å². The van der Waals surface area contributed by atoms with Crippen molar-refractivity contribution >= 4 is 11.2 Å². The molecule has 0 unspecified atom stereocenters. The van der Waals surface area contributed by atoms with Gasteiger partial charge in [-0.25, -0.2) is 9.97 Å². The Balaban J connectivity index is 2.19. The molecule has 22 heavy (non-hydrogen) atoms. The Morgan fingerprint density at radius 3 is 2.68 bits per heavy atom. The third kappa shape index (κ3) is 2.55. The van der Waals surface area contributed by atoms with Crippen molar-refractivity contribution in [3.05, 3.63) is 48.2 Å². The fourth-order valence-corrected chi connectivity index (χ4v) is 2.33. The van der Waals surface area contributed by atoms with Crippen LogP contribution in [-0.2, 0) is 12.7 Å². The molecule has 4 nitrogen and oxygen atoms in total. The Labute approximate surface area is 123 Å². The summed E-state index contributed by atoms with van der Waals surface area (Å²) in [6, 6.07) is 8.40. The van der Waals surface area contributed by atoms with Gasteiger partial charge in [-0.2, -0.15) is 13.2 Å². The predicted octanol–water partition coefficient (Wildman–Crippen LogP) is 3.11. The normalized spacial score (nSPS) is 12.0. The van der Waals surface area contributed by atoms with Crippen molar-refractivity contribution in [2.45, 2.75) is 12.7 Å². The number of imidazole rings is 1. The number of hydrogen-bond donors (Lipinski definition) is 1. The molecular formula is C15H12F3N3O. The number of rotatable bonds is 3. The second kappa shape index (κ2) is 5.42. The second-order valence-corrected chi connectivity index (χ2v) is 4.74. The molecule has 0 fully saturated rings. The van der Waals surface area contributed by atoms with E-state index in [0.717, 1.165) is 12.1 Å². The van der Waals surface area contributed by atoms with Crippen molar-refractivity contribution in [1.82, 2.24) is 14.5 Å². The Morgan fingerprint density at radius 1 is 1.14 bits per heavy atom. The molecule has 1 aromatic carbocycles. The predicted molar refractivity (Wildman–Crippen MR) is 75.1 cm³/mol. The van der Waals surface area contributed by atoms with E-state index in [1.807, 2.05) is 0 Å². The first kappa shape index (κ1) is 14.5. The van der Waals surface area contributed by atoms with Crippen LogP contribution in [-0.4, -0.2) is 26.2 Å². The molecule has 1 N–H and O–H groups in total. The lowest BCUT2D eigenvalue weighted by molar-refractivity contribution is -0.137. The van der Waals surface area contributed by atoms with E-state index >= 15 is 0 Å². The Bertz CT molecular complexity index is 811. The van der Waals surface area contributed by atoms with E-state index in [-0.39, 0.29) is 13.2 Å². The third-order valence-electron chi connectivity index (χ3n) is 3.28. The molecule has 0 aliphatic rings. The maximum absolute atomic E-state index is 12.9. The number of aromatic nitrogens is 3. The van der Waals surface area contributed by atoms with Gasteiger partial charge in [0.05, 0.1) is 12.2 Å². The van der Waals surface area contributed by atoms with E-state index in [1.54, 1.807) is 29.0 Å². The first-order valence-electron chi connectivity index (χ1n) is 6.60. The third-order valence-corrected chi connectivity index (χ3v) is 3.28. The molecule has 3 aromatic rings. The average Bonchev–Trinajstić information content (AvgIpc) is 2.86. The maximum Gasteiger partial charge on any atom is 0.416 e. The molecule has 0 aliphatic carbocycles. The highest BCUT2D eigenvalue weighted by Gasteiger charge is 2.30. The molecule has 2 aromatic heterocycles. The lowest BCUT2D eigenvalue weighted by Gasteiger charge is -2.10. The molecule has 0 radical (unpaired) electrons. The summed E-state index contributed by atoms with van der Waals surface area (Å²) in [5.41, 5.74) is 0.703. The summed E-state index contributed by atoms with van der Waals surface area (Å²) in [4.78, 5) is 8.53. The highest BCUT2D eigenvalue weighted by molar-refractivity contribution is 5.77. The number of nitrogens with zero attached hydrogens (tertiary/aromatic N) is 3. The Hall–Kier alpha value is -2.41. The van der Waals surface area contributed by atoms with E-state index in [0.29, 0.717) is 22.6 Å². The molecule has 0 amide bonds. The van der Waals surface area contributed by atoms with Crippen LogP contribution in [0.2, 0.25) is 0 Å². The standard InChI is InChI=1S/C15H12F3N3O/c16-15(17,18)11-4-1-3-10(9-11)13-20-12-5-2-6-19-14(12)21(13)7-8-22/h1-6,9,22H,7-8H2. The van der Waals surface area contributed by atoms with Crippen molar-refractivity contribution in [3.63, 3.8) is 0 Å². The smallest absolute Gasteiger partial charge is 0.395 e. The Kier molecular flexibility index (Phi) is 3.58. The zero-order valence-electron chi connectivity index (χ0n) is 11.4. The van der Waals surface area contributed by atoms with Crippen LogP contribution < -0.4 is 0 Å². The van der Waals surface area contributed by atoms with Crippen LogP contribution in [0.15, 0.2) is 42.6 Å². The summed E-state index contributed by atoms with van der Waals surface area (Å²) in [5.74, 6) is 0.355. The first-order chi connectivity index (χ1) is 10.5. The molecular weight excluding hydrogens is 295 g/mol. The number of aliphatic hydroxyl groups excluding tert-OH is 1. The second-order valence-electron chi connectivity index (χ2n) is 4.74. The topological polar surface area (TPSA) is 50.9 Å². The van der Waals surface area contributed by atoms with Gasteiger partial charge in [-0.1, -0.05) is 12.1 Å². The van der Waals surface area contributed by atoms with Gasteiger partial charge in [0.1, 0.15) is 11.3 Å². The van der Waals surface area contributed by atoms with Gasteiger partial charge in [-0.15, -0.1) is 0 Å². The summed E-state index contributed by atoms with van der Waals surface area (Å²) in [7, 11) is 0. The minimum atomic E-state index is -4.41. The number of pyridine rings is 1. The maximum atomic E-state index is 12.9. The van der Waals surface area contributed by atoms with Gasteiger partial charge < -0.3 is 9.67 Å². The SMILES string of the molecule is OCCn1c(-c2cccc(C(F)(F)F)c2)nc2cccnc21. The largest absolute Gasteiger partial charge is 0.416 e. The molecule has 0 bridgehead atoms. The zero-order valence-corrected chi connectivity index (χ0v) is 11.4. The van der Waals surface area contributed by atoms with E-state index in [2.05, 4.69) is 9.97 Å². The highest BCUT2D eigenvalue weighted by Crippen LogP contribution is 2.32. The lowest BCUT2D eigenvalue weighted by Crippen LogP contribution is -2.07. The van der Waals surface area contributed by atoms with E-state index < -0.39 is 11.7 Å². The van der Waals surface area contributed by atoms with Gasteiger partial charge in [0, 0.05) is 18.3 Å². The summed E-state index contributed by atoms with van der Waals surface area (Å²) in [6.07, 6.45) is -2.84. The van der Waals surface area contributed by atoms with E-state index in [4.69, 9.17) is 0 Å². The van der Waals surface area contributed by atoms with Crippen molar-refractivity contribution in [1.29, 1.82) is 0 Å². The molecule has 0 atom stereocenters. The molecule has 0 saturated heterocycles. The van der Waals surface area contributed by atoms with Crippen molar-refractivity contribution in [2.75, 3.05) is 6.61 Å². The molecule has 2 heterocycles. The quantitative estimate of drug-likeness (QED) is 0.809. The molecule has 0 aliphatic heterocycles. The number of aliphatic hydroxyl groups is 1. The number of halogens is 3. The molecule has 114 valence electrons. The fraction of sp³-hybridized carbons (Fsp3) is 0.200. The van der Waals surface area contributed by atoms with Crippen LogP contribution in [0.4, 0.5) is 13.2 Å². The van der Waals surface area contributed by atoms with E-state index in [9.17, 15) is 18.3 Å². The van der Waals surface area contributed by atoms with Crippen LogP contribution in [0.3, 0.4) is 0 Å². The van der Waals surface area contributed by atoms with Gasteiger partial charge in [0.2, 0.25) is 0 Å². The number of fused-ring (bicyclic) bond motifs is 1. The van der Waals surface area contributed by atoms with Gasteiger partial charge in [0.25, 0.3) is 0 Å². The van der Waals surface area contributed by atoms with Crippen LogP contribution in [0.5, 0.6) is 0 Å². The minimum absolute atomic E-state index is 0.159. The zero-order chi connectivity index (χ0) is 15.7. The van der Waals surface area contributed by atoms with Crippen LogP contribution in [0.1, 0.15) is 5.56 Å². The fourth-order valence-electron chi connectivity index (χ4n) is 2.33. The Morgan fingerprint density at radius 2 is 1.95 bits per heavy atom. The summed E-state index contributed by atoms with van der Waals surface area (Å²) in [5, 5.41) is 9.20. The molecule has 3 rings (SSSR count). The van der Waals surface area contributed by atoms with Gasteiger partial charge >= 0.3 is 6.18 Å².